The van der Waals surface area contributed by atoms with E-state index in [0.29, 0.717) is 12.1 Å². The van der Waals surface area contributed by atoms with Gasteiger partial charge >= 0.3 is 0 Å². The van der Waals surface area contributed by atoms with Gasteiger partial charge in [0.05, 0.1) is 6.10 Å². The number of rotatable bonds is 7. The first-order valence-electron chi connectivity index (χ1n) is 6.71. The van der Waals surface area contributed by atoms with Crippen molar-refractivity contribution in [3.63, 3.8) is 0 Å². The maximum Gasteiger partial charge on any atom is 0.0590 e. The van der Waals surface area contributed by atoms with Crippen molar-refractivity contribution in [2.75, 3.05) is 13.2 Å². The molecule has 1 rings (SSSR count). The molecule has 0 radical (unpaired) electrons. The molecule has 1 saturated heterocycles. The van der Waals surface area contributed by atoms with E-state index in [2.05, 4.69) is 19.2 Å². The van der Waals surface area contributed by atoms with Crippen LogP contribution in [0.5, 0.6) is 0 Å². The Kier molecular flexibility index (Phi) is 7.03. The predicted octanol–water partition coefficient (Wildman–Crippen LogP) is 3.11. The predicted molar refractivity (Wildman–Crippen MR) is 65.2 cm³/mol. The molecule has 0 aliphatic carbocycles. The van der Waals surface area contributed by atoms with E-state index in [4.69, 9.17) is 4.74 Å². The molecule has 0 aromatic carbocycles. The molecular weight excluding hydrogens is 186 g/mol. The van der Waals surface area contributed by atoms with Crippen molar-refractivity contribution >= 4 is 0 Å². The van der Waals surface area contributed by atoms with Crippen molar-refractivity contribution in [3.05, 3.63) is 0 Å². The summed E-state index contributed by atoms with van der Waals surface area (Å²) in [5, 5.41) is 3.61. The van der Waals surface area contributed by atoms with Crippen LogP contribution in [0.2, 0.25) is 0 Å². The van der Waals surface area contributed by atoms with Crippen LogP contribution in [0.15, 0.2) is 0 Å². The van der Waals surface area contributed by atoms with Crippen LogP contribution in [0.4, 0.5) is 0 Å². The number of nitrogens with one attached hydrogen (secondary N) is 1. The van der Waals surface area contributed by atoms with E-state index in [0.717, 1.165) is 13.2 Å². The van der Waals surface area contributed by atoms with Gasteiger partial charge in [0, 0.05) is 12.6 Å². The van der Waals surface area contributed by atoms with Crippen LogP contribution >= 0.6 is 0 Å². The lowest BCUT2D eigenvalue weighted by atomic mass is 9.99. The molecular formula is C13H27NO. The average Bonchev–Trinajstić information content (AvgIpc) is 2.27. The molecule has 1 heterocycles. The molecule has 0 saturated carbocycles. The average molecular weight is 213 g/mol. The molecule has 0 amide bonds. The van der Waals surface area contributed by atoms with Gasteiger partial charge in [-0.3, -0.25) is 0 Å². The largest absolute Gasteiger partial charge is 0.378 e. The Morgan fingerprint density at radius 3 is 2.80 bits per heavy atom. The summed E-state index contributed by atoms with van der Waals surface area (Å²) in [5.41, 5.74) is 0. The minimum atomic E-state index is 0.527. The topological polar surface area (TPSA) is 21.3 Å². The fourth-order valence-corrected chi connectivity index (χ4v) is 2.24. The van der Waals surface area contributed by atoms with Crippen LogP contribution < -0.4 is 5.32 Å². The van der Waals surface area contributed by atoms with Crippen molar-refractivity contribution in [2.45, 2.75) is 70.9 Å². The first kappa shape index (κ1) is 13.0. The molecule has 2 atom stereocenters. The lowest BCUT2D eigenvalue weighted by Gasteiger charge is -2.30. The maximum absolute atomic E-state index is 5.79. The fourth-order valence-electron chi connectivity index (χ4n) is 2.24. The first-order valence-corrected chi connectivity index (χ1v) is 6.71. The summed E-state index contributed by atoms with van der Waals surface area (Å²) in [7, 11) is 0. The number of hydrogen-bond acceptors (Lipinski definition) is 2. The summed E-state index contributed by atoms with van der Waals surface area (Å²) in [6, 6.07) is 0.713. The molecule has 0 spiro atoms. The van der Waals surface area contributed by atoms with E-state index < -0.39 is 0 Å². The number of hydrogen-bond donors (Lipinski definition) is 1. The van der Waals surface area contributed by atoms with Gasteiger partial charge in [-0.2, -0.15) is 0 Å². The first-order chi connectivity index (χ1) is 7.36. The highest BCUT2D eigenvalue weighted by atomic mass is 16.5. The molecule has 0 bridgehead atoms. The molecule has 90 valence electrons. The van der Waals surface area contributed by atoms with E-state index in [1.54, 1.807) is 0 Å². The molecule has 1 aliphatic rings. The molecule has 1 N–H and O–H groups in total. The number of unbranched alkanes of at least 4 members (excludes halogenated alkanes) is 2. The van der Waals surface area contributed by atoms with Crippen LogP contribution in [0.3, 0.4) is 0 Å². The second-order valence-corrected chi connectivity index (χ2v) is 4.66. The Morgan fingerprint density at radius 2 is 2.07 bits per heavy atom. The van der Waals surface area contributed by atoms with Crippen LogP contribution in [-0.2, 0) is 4.74 Å². The Morgan fingerprint density at radius 1 is 1.20 bits per heavy atom. The van der Waals surface area contributed by atoms with Crippen molar-refractivity contribution in [3.8, 4) is 0 Å². The molecule has 2 heteroatoms. The van der Waals surface area contributed by atoms with Crippen LogP contribution in [0, 0.1) is 0 Å². The lowest BCUT2D eigenvalue weighted by molar-refractivity contribution is -0.00400. The smallest absolute Gasteiger partial charge is 0.0590 e. The second-order valence-electron chi connectivity index (χ2n) is 4.66. The lowest BCUT2D eigenvalue weighted by Crippen LogP contribution is -2.39. The van der Waals surface area contributed by atoms with E-state index in [1.165, 1.54) is 44.9 Å². The third-order valence-electron chi connectivity index (χ3n) is 3.18. The minimum Gasteiger partial charge on any atom is -0.378 e. The molecule has 2 nitrogen and oxygen atoms in total. The van der Waals surface area contributed by atoms with Gasteiger partial charge in [0.2, 0.25) is 0 Å². The summed E-state index contributed by atoms with van der Waals surface area (Å²) in [4.78, 5) is 0. The highest BCUT2D eigenvalue weighted by Gasteiger charge is 2.21. The SMILES string of the molecule is CCCCCC1CC(NCCC)CCO1. The summed E-state index contributed by atoms with van der Waals surface area (Å²) >= 11 is 0. The Bertz CT molecular complexity index is 149. The zero-order valence-corrected chi connectivity index (χ0v) is 10.4. The third-order valence-corrected chi connectivity index (χ3v) is 3.18. The van der Waals surface area contributed by atoms with Gasteiger partial charge in [-0.15, -0.1) is 0 Å². The molecule has 1 aliphatic heterocycles. The minimum absolute atomic E-state index is 0.527. The van der Waals surface area contributed by atoms with Crippen molar-refractivity contribution in [1.82, 2.24) is 5.32 Å². The standard InChI is InChI=1S/C13H27NO/c1-3-5-6-7-13-11-12(8-10-15-13)14-9-4-2/h12-14H,3-11H2,1-2H3. The Balaban J connectivity index is 2.11. The quantitative estimate of drug-likeness (QED) is 0.656. The van der Waals surface area contributed by atoms with Crippen molar-refractivity contribution in [1.29, 1.82) is 0 Å². The molecule has 0 aromatic rings. The molecule has 0 aromatic heterocycles. The maximum atomic E-state index is 5.79. The van der Waals surface area contributed by atoms with E-state index in [9.17, 15) is 0 Å². The van der Waals surface area contributed by atoms with E-state index in [1.807, 2.05) is 0 Å². The van der Waals surface area contributed by atoms with Gasteiger partial charge in [0.15, 0.2) is 0 Å². The van der Waals surface area contributed by atoms with Gasteiger partial charge in [-0.05, 0) is 32.2 Å². The van der Waals surface area contributed by atoms with Gasteiger partial charge in [-0.1, -0.05) is 33.1 Å². The zero-order valence-electron chi connectivity index (χ0n) is 10.4. The summed E-state index contributed by atoms with van der Waals surface area (Å²) < 4.78 is 5.79. The highest BCUT2D eigenvalue weighted by molar-refractivity contribution is 4.76. The van der Waals surface area contributed by atoms with Crippen LogP contribution in [0.1, 0.15) is 58.8 Å². The summed E-state index contributed by atoms with van der Waals surface area (Å²) in [5.74, 6) is 0. The second kappa shape index (κ2) is 8.12. The normalized spacial score (nSPS) is 26.8. The van der Waals surface area contributed by atoms with Gasteiger partial charge < -0.3 is 10.1 Å². The zero-order chi connectivity index (χ0) is 10.9. The highest BCUT2D eigenvalue weighted by Crippen LogP contribution is 2.19. The van der Waals surface area contributed by atoms with E-state index >= 15 is 0 Å². The summed E-state index contributed by atoms with van der Waals surface area (Å²) in [6.07, 6.45) is 9.45. The molecule has 2 unspecified atom stereocenters. The third kappa shape index (κ3) is 5.53. The van der Waals surface area contributed by atoms with E-state index in [-0.39, 0.29) is 0 Å². The van der Waals surface area contributed by atoms with Crippen LogP contribution in [0.25, 0.3) is 0 Å². The summed E-state index contributed by atoms with van der Waals surface area (Å²) in [6.45, 7) is 6.60. The fraction of sp³-hybridized carbons (Fsp3) is 1.00. The number of ether oxygens (including phenoxy) is 1. The van der Waals surface area contributed by atoms with Gasteiger partial charge in [0.25, 0.3) is 0 Å². The van der Waals surface area contributed by atoms with Crippen molar-refractivity contribution < 1.29 is 4.74 Å². The van der Waals surface area contributed by atoms with Gasteiger partial charge in [-0.25, -0.2) is 0 Å². The van der Waals surface area contributed by atoms with Gasteiger partial charge in [0.1, 0.15) is 0 Å². The Hall–Kier alpha value is -0.0800. The monoisotopic (exact) mass is 213 g/mol. The van der Waals surface area contributed by atoms with Crippen LogP contribution in [-0.4, -0.2) is 25.3 Å². The molecule has 1 fully saturated rings. The molecule has 15 heavy (non-hydrogen) atoms. The van der Waals surface area contributed by atoms with Crippen molar-refractivity contribution in [2.24, 2.45) is 0 Å². The Labute approximate surface area is 94.8 Å².